The molecule has 0 aliphatic rings. The van der Waals surface area contributed by atoms with Crippen LogP contribution in [0.15, 0.2) is 59.5 Å². The number of aliphatic hydroxyl groups is 1. The minimum Gasteiger partial charge on any atom is -0.390 e. The molecule has 0 aliphatic carbocycles. The number of pyridine rings is 1. The van der Waals surface area contributed by atoms with Crippen LogP contribution in [-0.4, -0.2) is 15.4 Å². The molecule has 2 N–H and O–H groups in total. The van der Waals surface area contributed by atoms with Gasteiger partial charge in [0.05, 0.1) is 18.5 Å². The highest BCUT2D eigenvalue weighted by molar-refractivity contribution is 6.30. The van der Waals surface area contributed by atoms with Gasteiger partial charge in [-0.2, -0.15) is 0 Å². The first kappa shape index (κ1) is 17.5. The fourth-order valence-electron chi connectivity index (χ4n) is 3.34. The van der Waals surface area contributed by atoms with Gasteiger partial charge in [0, 0.05) is 39.8 Å². The second-order valence-corrected chi connectivity index (χ2v) is 6.91. The summed E-state index contributed by atoms with van der Waals surface area (Å²) in [5, 5.41) is 14.5. The van der Waals surface area contributed by atoms with Gasteiger partial charge in [-0.15, -0.1) is 0 Å². The summed E-state index contributed by atoms with van der Waals surface area (Å²) in [6.07, 6.45) is 1.64. The minimum atomic E-state index is -0.238. The van der Waals surface area contributed by atoms with Crippen LogP contribution < -0.4 is 10.7 Å². The van der Waals surface area contributed by atoms with Crippen molar-refractivity contribution >= 4 is 33.8 Å². The van der Waals surface area contributed by atoms with Crippen molar-refractivity contribution in [3.05, 3.63) is 86.8 Å². The summed E-state index contributed by atoms with van der Waals surface area (Å²) in [4.78, 5) is 25.2. The Balaban J connectivity index is 1.61. The molecule has 5 nitrogen and oxygen atoms in total. The zero-order valence-corrected chi connectivity index (χ0v) is 15.2. The molecule has 0 aliphatic heterocycles. The maximum Gasteiger partial charge on any atom is 0.224 e. The Kier molecular flexibility index (Phi) is 4.56. The van der Waals surface area contributed by atoms with Gasteiger partial charge in [0.1, 0.15) is 0 Å². The van der Waals surface area contributed by atoms with Gasteiger partial charge < -0.3 is 14.8 Å². The lowest BCUT2D eigenvalue weighted by Crippen LogP contribution is -2.27. The molecular formula is C21H17ClN2O3. The Morgan fingerprint density at radius 2 is 1.93 bits per heavy atom. The van der Waals surface area contributed by atoms with Crippen LogP contribution in [0.5, 0.6) is 0 Å². The zero-order chi connectivity index (χ0) is 19.0. The maximum atomic E-state index is 12.8. The predicted octanol–water partition coefficient (Wildman–Crippen LogP) is 2.90. The van der Waals surface area contributed by atoms with Gasteiger partial charge in [-0.1, -0.05) is 35.9 Å². The number of aromatic nitrogens is 1. The van der Waals surface area contributed by atoms with Gasteiger partial charge in [-0.3, -0.25) is 9.59 Å². The second kappa shape index (κ2) is 7.02. The lowest BCUT2D eigenvalue weighted by Gasteiger charge is -2.08. The Morgan fingerprint density at radius 1 is 1.15 bits per heavy atom. The average molecular weight is 381 g/mol. The van der Waals surface area contributed by atoms with E-state index >= 15 is 0 Å². The molecule has 2 aromatic carbocycles. The summed E-state index contributed by atoms with van der Waals surface area (Å²) in [5.41, 5.74) is 2.63. The average Bonchev–Trinajstić information content (AvgIpc) is 3.04. The highest BCUT2D eigenvalue weighted by Crippen LogP contribution is 2.23. The van der Waals surface area contributed by atoms with Gasteiger partial charge in [0.2, 0.25) is 5.91 Å². The van der Waals surface area contributed by atoms with Crippen LogP contribution in [0.1, 0.15) is 16.8 Å². The van der Waals surface area contributed by atoms with E-state index in [0.29, 0.717) is 28.2 Å². The van der Waals surface area contributed by atoms with Gasteiger partial charge >= 0.3 is 0 Å². The lowest BCUT2D eigenvalue weighted by atomic mass is 10.1. The largest absolute Gasteiger partial charge is 0.390 e. The molecule has 0 saturated heterocycles. The number of nitrogens with zero attached hydrogens (tertiary/aromatic N) is 1. The number of aliphatic hydroxyl groups excluding tert-OH is 1. The monoisotopic (exact) mass is 380 g/mol. The number of hydrogen-bond acceptors (Lipinski definition) is 3. The van der Waals surface area contributed by atoms with Crippen molar-refractivity contribution in [1.29, 1.82) is 0 Å². The zero-order valence-electron chi connectivity index (χ0n) is 14.4. The van der Waals surface area contributed by atoms with E-state index in [9.17, 15) is 14.7 Å². The molecule has 1 amide bonds. The maximum absolute atomic E-state index is 12.8. The lowest BCUT2D eigenvalue weighted by molar-refractivity contribution is -0.120. The Hall–Kier alpha value is -2.89. The molecule has 0 atom stereocenters. The second-order valence-electron chi connectivity index (χ2n) is 6.47. The highest BCUT2D eigenvalue weighted by Gasteiger charge is 2.15. The predicted molar refractivity (Wildman–Crippen MR) is 105 cm³/mol. The van der Waals surface area contributed by atoms with E-state index < -0.39 is 0 Å². The number of nitrogens with one attached hydrogen (secondary N) is 1. The van der Waals surface area contributed by atoms with E-state index in [-0.39, 0.29) is 24.4 Å². The first-order chi connectivity index (χ1) is 13.1. The Bertz CT molecular complexity index is 1180. The number of carbonyl (C=O) groups is 1. The molecule has 0 fully saturated rings. The third-order valence-electron chi connectivity index (χ3n) is 4.68. The van der Waals surface area contributed by atoms with Crippen molar-refractivity contribution < 1.29 is 9.90 Å². The Morgan fingerprint density at radius 3 is 2.67 bits per heavy atom. The molecule has 0 radical (unpaired) electrons. The number of halogens is 1. The van der Waals surface area contributed by atoms with Crippen molar-refractivity contribution in [3.63, 3.8) is 0 Å². The molecular weight excluding hydrogens is 364 g/mol. The topological polar surface area (TPSA) is 70.8 Å². The van der Waals surface area contributed by atoms with E-state index in [0.717, 1.165) is 16.5 Å². The molecule has 2 aromatic heterocycles. The van der Waals surface area contributed by atoms with Crippen LogP contribution in [0.3, 0.4) is 0 Å². The quantitative estimate of drug-likeness (QED) is 0.559. The molecule has 0 unspecified atom stereocenters. The number of benzene rings is 2. The summed E-state index contributed by atoms with van der Waals surface area (Å²) in [6.45, 7) is 0.221. The fourth-order valence-corrected chi connectivity index (χ4v) is 3.47. The van der Waals surface area contributed by atoms with Crippen LogP contribution >= 0.6 is 11.6 Å². The normalized spacial score (nSPS) is 11.3. The van der Waals surface area contributed by atoms with E-state index in [2.05, 4.69) is 5.32 Å². The smallest absolute Gasteiger partial charge is 0.224 e. The standard InChI is InChI=1S/C21H17ClN2O3/c22-16-6-4-13(5-7-16)10-23-19(26)9-15-11-24-17(12-25)8-14-2-1-3-18(20(14)24)21(15)27/h1-8,11,25H,9-10,12H2,(H,23,26). The van der Waals surface area contributed by atoms with E-state index in [1.165, 1.54) is 0 Å². The Labute approximate surface area is 160 Å². The SMILES string of the molecule is O=C(Cc1cn2c(CO)cc3cccc(c1=O)c32)NCc1ccc(Cl)cc1. The van der Waals surface area contributed by atoms with E-state index in [1.54, 1.807) is 28.8 Å². The summed E-state index contributed by atoms with van der Waals surface area (Å²) in [7, 11) is 0. The van der Waals surface area contributed by atoms with Gasteiger partial charge in [0.25, 0.3) is 0 Å². The molecule has 0 saturated carbocycles. The van der Waals surface area contributed by atoms with Gasteiger partial charge in [0.15, 0.2) is 5.43 Å². The number of carbonyl (C=O) groups excluding carboxylic acids is 1. The highest BCUT2D eigenvalue weighted by atomic mass is 35.5. The molecule has 6 heteroatoms. The third kappa shape index (κ3) is 3.27. The van der Waals surface area contributed by atoms with Crippen molar-refractivity contribution in [2.24, 2.45) is 0 Å². The van der Waals surface area contributed by atoms with Crippen LogP contribution in [0.2, 0.25) is 5.02 Å². The van der Waals surface area contributed by atoms with E-state index in [4.69, 9.17) is 11.6 Å². The molecule has 4 aromatic rings. The first-order valence-electron chi connectivity index (χ1n) is 8.57. The summed E-state index contributed by atoms with van der Waals surface area (Å²) in [5.74, 6) is -0.238. The van der Waals surface area contributed by atoms with Gasteiger partial charge in [-0.05, 0) is 29.8 Å². The number of amides is 1. The van der Waals surface area contributed by atoms with Crippen molar-refractivity contribution in [1.82, 2.24) is 9.72 Å². The first-order valence-corrected chi connectivity index (χ1v) is 8.95. The van der Waals surface area contributed by atoms with Crippen molar-refractivity contribution in [2.75, 3.05) is 0 Å². The van der Waals surface area contributed by atoms with Crippen LogP contribution in [0, 0.1) is 0 Å². The van der Waals surface area contributed by atoms with E-state index in [1.807, 2.05) is 30.3 Å². The number of hydrogen-bond donors (Lipinski definition) is 2. The molecule has 2 heterocycles. The number of rotatable bonds is 5. The molecule has 4 rings (SSSR count). The summed E-state index contributed by atoms with van der Waals surface area (Å²) in [6, 6.07) is 14.5. The molecule has 27 heavy (non-hydrogen) atoms. The molecule has 0 spiro atoms. The van der Waals surface area contributed by atoms with Crippen molar-refractivity contribution in [2.45, 2.75) is 19.6 Å². The fraction of sp³-hybridized carbons (Fsp3) is 0.143. The molecule has 136 valence electrons. The van der Waals surface area contributed by atoms with Gasteiger partial charge in [-0.25, -0.2) is 0 Å². The minimum absolute atomic E-state index is 0.0225. The van der Waals surface area contributed by atoms with Crippen LogP contribution in [-0.2, 0) is 24.4 Å². The molecule has 0 bridgehead atoms. The summed E-state index contributed by atoms with van der Waals surface area (Å²) >= 11 is 5.86. The third-order valence-corrected chi connectivity index (χ3v) is 4.93. The van der Waals surface area contributed by atoms with Crippen LogP contribution in [0.25, 0.3) is 16.3 Å². The van der Waals surface area contributed by atoms with Crippen LogP contribution in [0.4, 0.5) is 0 Å². The van der Waals surface area contributed by atoms with Crippen molar-refractivity contribution in [3.8, 4) is 0 Å². The number of para-hydroxylation sites is 1. The summed E-state index contributed by atoms with van der Waals surface area (Å²) < 4.78 is 1.80.